The number of aromatic amines is 1. The number of carbonyl (C=O) groups excluding carboxylic acids is 1. The zero-order chi connectivity index (χ0) is 21.8. The minimum atomic E-state index is -0.626. The highest BCUT2D eigenvalue weighted by atomic mass is 16.5. The van der Waals surface area contributed by atoms with E-state index in [0.717, 1.165) is 22.6 Å². The lowest BCUT2D eigenvalue weighted by atomic mass is 9.85. The van der Waals surface area contributed by atoms with Crippen LogP contribution in [0.15, 0.2) is 67.0 Å². The molecule has 0 unspecified atom stereocenters. The average Bonchev–Trinajstić information content (AvgIpc) is 3.19. The minimum Gasteiger partial charge on any atom is -0.493 e. The van der Waals surface area contributed by atoms with Crippen LogP contribution in [0.1, 0.15) is 29.8 Å². The van der Waals surface area contributed by atoms with Crippen molar-refractivity contribution in [1.29, 1.82) is 0 Å². The summed E-state index contributed by atoms with van der Waals surface area (Å²) in [5.41, 5.74) is 8.64. The third-order valence-electron chi connectivity index (χ3n) is 5.12. The quantitative estimate of drug-likeness (QED) is 0.369. The molecule has 4 N–H and O–H groups in total. The zero-order valence-corrected chi connectivity index (χ0v) is 17.6. The number of ether oxygens (including phenoxy) is 1. The fourth-order valence-corrected chi connectivity index (χ4v) is 3.28. The van der Waals surface area contributed by atoms with E-state index in [9.17, 15) is 4.79 Å². The molecule has 0 aliphatic carbocycles. The number of nitrogens with two attached hydrogens (primary N) is 1. The largest absolute Gasteiger partial charge is 0.493 e. The second kappa shape index (κ2) is 8.47. The summed E-state index contributed by atoms with van der Waals surface area (Å²) in [6, 6.07) is 17.0. The van der Waals surface area contributed by atoms with Crippen molar-refractivity contribution < 1.29 is 9.53 Å². The second-order valence-electron chi connectivity index (χ2n) is 8.06. The summed E-state index contributed by atoms with van der Waals surface area (Å²) >= 11 is 0. The van der Waals surface area contributed by atoms with Crippen LogP contribution in [0.3, 0.4) is 0 Å². The van der Waals surface area contributed by atoms with Crippen LogP contribution < -0.4 is 15.8 Å². The van der Waals surface area contributed by atoms with E-state index in [1.54, 1.807) is 12.4 Å². The molecule has 7 heteroatoms. The number of rotatable bonds is 8. The number of nitrogens with zero attached hydrogens (tertiary/aromatic N) is 2. The molecular weight excluding hydrogens is 390 g/mol. The number of ketones is 1. The SMILES string of the molecule is CC(C)(COc1ccc(NCc2cnc3[nH]c(N)ncc2-3)cc1)C(=O)c1ccccc1. The predicted molar refractivity (Wildman–Crippen MR) is 121 cm³/mol. The first-order valence-corrected chi connectivity index (χ1v) is 10.1. The number of H-pyrrole nitrogens is 1. The Labute approximate surface area is 181 Å². The highest BCUT2D eigenvalue weighted by molar-refractivity contribution is 6.00. The lowest BCUT2D eigenvalue weighted by Crippen LogP contribution is -2.31. The maximum absolute atomic E-state index is 12.7. The van der Waals surface area contributed by atoms with Gasteiger partial charge in [0.1, 0.15) is 18.2 Å². The van der Waals surface area contributed by atoms with Crippen LogP contribution >= 0.6 is 0 Å². The van der Waals surface area contributed by atoms with Crippen LogP contribution in [-0.4, -0.2) is 27.3 Å². The highest BCUT2D eigenvalue weighted by Crippen LogP contribution is 2.26. The third kappa shape index (κ3) is 4.66. The Balaban J connectivity index is 1.33. The average molecular weight is 415 g/mol. The van der Waals surface area contributed by atoms with Gasteiger partial charge in [0.05, 0.1) is 5.41 Å². The number of nitrogen functional groups attached to an aromatic ring is 1. The summed E-state index contributed by atoms with van der Waals surface area (Å²) in [4.78, 5) is 24.1. The molecule has 0 saturated carbocycles. The first kappa shape index (κ1) is 20.4. The lowest BCUT2D eigenvalue weighted by Gasteiger charge is -2.23. The summed E-state index contributed by atoms with van der Waals surface area (Å²) in [5.74, 6) is 1.85. The van der Waals surface area contributed by atoms with Gasteiger partial charge in [0, 0.05) is 41.3 Å². The van der Waals surface area contributed by atoms with E-state index >= 15 is 0 Å². The number of anilines is 2. The van der Waals surface area contributed by atoms with Gasteiger partial charge in [-0.3, -0.25) is 4.79 Å². The van der Waals surface area contributed by atoms with Gasteiger partial charge in [-0.2, -0.15) is 0 Å². The van der Waals surface area contributed by atoms with Crippen LogP contribution in [0.25, 0.3) is 11.4 Å². The molecule has 4 rings (SSSR count). The number of hydrogen-bond acceptors (Lipinski definition) is 6. The first-order valence-electron chi connectivity index (χ1n) is 10.1. The molecule has 2 heterocycles. The molecule has 2 aromatic carbocycles. The topological polar surface area (TPSA) is 106 Å². The molecule has 0 saturated heterocycles. The number of benzene rings is 2. The molecule has 2 aliphatic rings. The van der Waals surface area contributed by atoms with Crippen LogP contribution in [0.5, 0.6) is 5.75 Å². The molecule has 0 radical (unpaired) electrons. The van der Waals surface area contributed by atoms with E-state index < -0.39 is 5.41 Å². The van der Waals surface area contributed by atoms with Crippen molar-refractivity contribution in [3.05, 3.63) is 78.1 Å². The Kier molecular flexibility index (Phi) is 5.58. The van der Waals surface area contributed by atoms with E-state index in [0.29, 0.717) is 30.4 Å². The number of hydrogen-bond donors (Lipinski definition) is 3. The van der Waals surface area contributed by atoms with Crippen LogP contribution in [0, 0.1) is 5.41 Å². The highest BCUT2D eigenvalue weighted by Gasteiger charge is 2.29. The van der Waals surface area contributed by atoms with Crippen molar-refractivity contribution in [2.24, 2.45) is 5.41 Å². The van der Waals surface area contributed by atoms with Crippen molar-refractivity contribution in [2.75, 3.05) is 17.7 Å². The van der Waals surface area contributed by atoms with Gasteiger partial charge in [0.25, 0.3) is 0 Å². The maximum Gasteiger partial charge on any atom is 0.198 e. The molecule has 0 bridgehead atoms. The van der Waals surface area contributed by atoms with Gasteiger partial charge < -0.3 is 20.8 Å². The number of Topliss-reactive ketones (excluding diaryl/α,β-unsaturated/α-hetero) is 1. The molecule has 0 amide bonds. The fourth-order valence-electron chi connectivity index (χ4n) is 3.28. The van der Waals surface area contributed by atoms with Crippen molar-refractivity contribution in [3.8, 4) is 17.1 Å². The van der Waals surface area contributed by atoms with Crippen molar-refractivity contribution in [3.63, 3.8) is 0 Å². The van der Waals surface area contributed by atoms with E-state index in [4.69, 9.17) is 10.5 Å². The van der Waals surface area contributed by atoms with Crippen LogP contribution in [-0.2, 0) is 6.54 Å². The molecule has 2 aliphatic heterocycles. The van der Waals surface area contributed by atoms with Gasteiger partial charge in [-0.1, -0.05) is 30.3 Å². The Morgan fingerprint density at radius 2 is 1.81 bits per heavy atom. The van der Waals surface area contributed by atoms with Gasteiger partial charge in [0.15, 0.2) is 11.7 Å². The monoisotopic (exact) mass is 415 g/mol. The summed E-state index contributed by atoms with van der Waals surface area (Å²) in [6.07, 6.45) is 3.53. The fraction of sp³-hybridized carbons (Fsp3) is 0.208. The van der Waals surface area contributed by atoms with E-state index in [-0.39, 0.29) is 5.78 Å². The molecule has 31 heavy (non-hydrogen) atoms. The van der Waals surface area contributed by atoms with Gasteiger partial charge in [-0.15, -0.1) is 0 Å². The van der Waals surface area contributed by atoms with E-state index in [1.165, 1.54) is 0 Å². The molecule has 158 valence electrons. The van der Waals surface area contributed by atoms with E-state index in [1.807, 2.05) is 68.4 Å². The standard InChI is InChI=1S/C24H25N5O2/c1-24(2,21(30)16-6-4-3-5-7-16)15-31-19-10-8-18(9-11-19)26-12-17-13-27-22-20(17)14-28-23(25)29-22/h3-11,13-14,26H,12,15H2,1-2H3,(H3,25,27,28,29). The third-order valence-corrected chi connectivity index (χ3v) is 5.12. The predicted octanol–water partition coefficient (Wildman–Crippen LogP) is 4.39. The van der Waals surface area contributed by atoms with Crippen molar-refractivity contribution in [1.82, 2.24) is 15.0 Å². The molecule has 0 spiro atoms. The summed E-state index contributed by atoms with van der Waals surface area (Å²) in [5, 5.41) is 3.37. The van der Waals surface area contributed by atoms with Gasteiger partial charge in [-0.05, 0) is 38.1 Å². The van der Waals surface area contributed by atoms with Gasteiger partial charge in [0.2, 0.25) is 0 Å². The first-order chi connectivity index (χ1) is 14.9. The van der Waals surface area contributed by atoms with E-state index in [2.05, 4.69) is 20.3 Å². The second-order valence-corrected chi connectivity index (χ2v) is 8.06. The molecule has 2 aromatic rings. The summed E-state index contributed by atoms with van der Waals surface area (Å²) < 4.78 is 5.90. The van der Waals surface area contributed by atoms with Crippen LogP contribution in [0.2, 0.25) is 0 Å². The Morgan fingerprint density at radius 1 is 1.06 bits per heavy atom. The number of fused-ring (bicyclic) bond motifs is 1. The molecule has 0 aromatic heterocycles. The Morgan fingerprint density at radius 3 is 2.55 bits per heavy atom. The lowest BCUT2D eigenvalue weighted by molar-refractivity contribution is 0.0751. The molecule has 0 atom stereocenters. The molecular formula is C24H25N5O2. The van der Waals surface area contributed by atoms with Gasteiger partial charge >= 0.3 is 0 Å². The normalized spacial score (nSPS) is 11.4. The zero-order valence-electron chi connectivity index (χ0n) is 17.6. The number of carbonyl (C=O) groups is 1. The van der Waals surface area contributed by atoms with Crippen LogP contribution in [0.4, 0.5) is 11.6 Å². The van der Waals surface area contributed by atoms with Crippen molar-refractivity contribution in [2.45, 2.75) is 20.4 Å². The number of aromatic nitrogens is 3. The minimum absolute atomic E-state index is 0.0652. The summed E-state index contributed by atoms with van der Waals surface area (Å²) in [6.45, 7) is 4.70. The van der Waals surface area contributed by atoms with Gasteiger partial charge in [-0.25, -0.2) is 9.97 Å². The number of nitrogens with one attached hydrogen (secondary N) is 2. The summed E-state index contributed by atoms with van der Waals surface area (Å²) in [7, 11) is 0. The Bertz CT molecular complexity index is 1140. The molecule has 7 nitrogen and oxygen atoms in total. The Hall–Kier alpha value is -3.87. The maximum atomic E-state index is 12.7. The van der Waals surface area contributed by atoms with Crippen molar-refractivity contribution >= 4 is 17.4 Å². The smallest absolute Gasteiger partial charge is 0.198 e. The molecule has 0 fully saturated rings.